The summed E-state index contributed by atoms with van der Waals surface area (Å²) in [6.07, 6.45) is 2.07. The van der Waals surface area contributed by atoms with Crippen LogP contribution in [0.25, 0.3) is 0 Å². The van der Waals surface area contributed by atoms with E-state index in [9.17, 15) is 4.79 Å². The van der Waals surface area contributed by atoms with E-state index in [2.05, 4.69) is 51.0 Å². The zero-order chi connectivity index (χ0) is 19.6. The van der Waals surface area contributed by atoms with Crippen molar-refractivity contribution >= 4 is 47.6 Å². The fourth-order valence-corrected chi connectivity index (χ4v) is 3.11. The summed E-state index contributed by atoms with van der Waals surface area (Å²) in [5, 5.41) is 6.22. The largest absolute Gasteiger partial charge is 0.354 e. The smallest absolute Gasteiger partial charge is 0.251 e. The highest BCUT2D eigenvalue weighted by Gasteiger charge is 2.08. The van der Waals surface area contributed by atoms with Gasteiger partial charge < -0.3 is 15.5 Å². The van der Waals surface area contributed by atoms with E-state index < -0.39 is 0 Å². The molecule has 5 nitrogen and oxygen atoms in total. The number of hydrogen-bond acceptors (Lipinski definition) is 3. The van der Waals surface area contributed by atoms with Gasteiger partial charge in [0.05, 0.1) is 0 Å². The van der Waals surface area contributed by atoms with Crippen molar-refractivity contribution in [2.24, 2.45) is 4.99 Å². The molecule has 0 radical (unpaired) electrons. The van der Waals surface area contributed by atoms with Crippen LogP contribution in [0.4, 0.5) is 0 Å². The number of hydrogen-bond donors (Lipinski definition) is 2. The molecule has 7 heteroatoms. The summed E-state index contributed by atoms with van der Waals surface area (Å²) in [5.41, 5.74) is 2.99. The molecule has 0 aliphatic rings. The van der Waals surface area contributed by atoms with E-state index in [-0.39, 0.29) is 29.9 Å². The molecule has 2 aromatic carbocycles. The van der Waals surface area contributed by atoms with Gasteiger partial charge in [-0.25, -0.2) is 0 Å². The number of aliphatic imine (C=N–C) groups is 1. The van der Waals surface area contributed by atoms with Crippen molar-refractivity contribution in [2.45, 2.75) is 18.4 Å². The van der Waals surface area contributed by atoms with Gasteiger partial charge in [0, 0.05) is 44.2 Å². The van der Waals surface area contributed by atoms with E-state index in [1.54, 1.807) is 18.8 Å². The fourth-order valence-electron chi connectivity index (χ4n) is 2.70. The molecule has 0 heterocycles. The van der Waals surface area contributed by atoms with Gasteiger partial charge in [-0.05, 0) is 43.0 Å². The molecule has 0 aromatic heterocycles. The van der Waals surface area contributed by atoms with Crippen molar-refractivity contribution in [2.75, 3.05) is 33.4 Å². The Morgan fingerprint density at radius 2 is 1.79 bits per heavy atom. The average molecular weight is 512 g/mol. The Bertz CT molecular complexity index is 780. The number of rotatable bonds is 7. The second-order valence-corrected chi connectivity index (χ2v) is 7.18. The van der Waals surface area contributed by atoms with E-state index in [4.69, 9.17) is 0 Å². The van der Waals surface area contributed by atoms with Crippen LogP contribution in [0.2, 0.25) is 0 Å². The fraction of sp³-hybridized carbons (Fsp3) is 0.333. The van der Waals surface area contributed by atoms with Crippen molar-refractivity contribution < 1.29 is 4.79 Å². The lowest BCUT2D eigenvalue weighted by Gasteiger charge is -2.22. The molecule has 0 aliphatic heterocycles. The molecule has 152 valence electrons. The Morgan fingerprint density at radius 3 is 2.39 bits per heavy atom. The molecule has 0 spiro atoms. The van der Waals surface area contributed by atoms with Crippen LogP contribution >= 0.6 is 35.7 Å². The van der Waals surface area contributed by atoms with Crippen molar-refractivity contribution in [3.8, 4) is 0 Å². The van der Waals surface area contributed by atoms with Gasteiger partial charge in [-0.3, -0.25) is 9.79 Å². The van der Waals surface area contributed by atoms with Gasteiger partial charge in [0.2, 0.25) is 0 Å². The van der Waals surface area contributed by atoms with E-state index in [0.717, 1.165) is 18.1 Å². The SMILES string of the molecule is CN=C(NCCNC(=O)c1cccc(C)c1)N(C)Cc1ccc(SC)cc1.I. The number of benzene rings is 2. The highest BCUT2D eigenvalue weighted by molar-refractivity contribution is 14.0. The summed E-state index contributed by atoms with van der Waals surface area (Å²) in [4.78, 5) is 19.8. The van der Waals surface area contributed by atoms with E-state index in [0.29, 0.717) is 18.7 Å². The van der Waals surface area contributed by atoms with Crippen LogP contribution in [0.15, 0.2) is 58.4 Å². The van der Waals surface area contributed by atoms with Gasteiger partial charge in [-0.15, -0.1) is 35.7 Å². The Hall–Kier alpha value is -1.74. The zero-order valence-electron chi connectivity index (χ0n) is 16.9. The molecule has 2 aromatic rings. The molecule has 0 atom stereocenters. The molecular formula is C21H29IN4OS. The highest BCUT2D eigenvalue weighted by atomic mass is 127. The third kappa shape index (κ3) is 7.71. The number of carbonyl (C=O) groups excluding carboxylic acids is 1. The Kier molecular flexibility index (Phi) is 11.0. The second kappa shape index (κ2) is 12.7. The van der Waals surface area contributed by atoms with Gasteiger partial charge in [-0.2, -0.15) is 0 Å². The summed E-state index contributed by atoms with van der Waals surface area (Å²) in [6, 6.07) is 16.1. The van der Waals surface area contributed by atoms with Gasteiger partial charge in [0.15, 0.2) is 5.96 Å². The maximum atomic E-state index is 12.2. The lowest BCUT2D eigenvalue weighted by molar-refractivity contribution is 0.0954. The van der Waals surface area contributed by atoms with Gasteiger partial charge in [0.1, 0.15) is 0 Å². The van der Waals surface area contributed by atoms with E-state index >= 15 is 0 Å². The number of halogens is 1. The molecule has 0 saturated carbocycles. The minimum absolute atomic E-state index is 0. The number of carbonyl (C=O) groups is 1. The number of aryl methyl sites for hydroxylation is 1. The van der Waals surface area contributed by atoms with Crippen LogP contribution in [-0.2, 0) is 6.54 Å². The van der Waals surface area contributed by atoms with Crippen LogP contribution in [0, 0.1) is 6.92 Å². The summed E-state index contributed by atoms with van der Waals surface area (Å²) >= 11 is 1.74. The topological polar surface area (TPSA) is 56.7 Å². The standard InChI is InChI=1S/C21H28N4OS.HI/c1-16-6-5-7-18(14-16)20(26)23-12-13-24-21(22-2)25(3)15-17-8-10-19(27-4)11-9-17;/h5-11,14H,12-13,15H2,1-4H3,(H,22,24)(H,23,26);1H. The average Bonchev–Trinajstić information content (AvgIpc) is 2.68. The van der Waals surface area contributed by atoms with E-state index in [1.165, 1.54) is 10.5 Å². The summed E-state index contributed by atoms with van der Waals surface area (Å²) in [6.45, 7) is 3.89. The van der Waals surface area contributed by atoms with Crippen LogP contribution in [0.3, 0.4) is 0 Å². The third-order valence-electron chi connectivity index (χ3n) is 4.13. The quantitative estimate of drug-likeness (QED) is 0.195. The molecule has 0 bridgehead atoms. The number of nitrogens with one attached hydrogen (secondary N) is 2. The predicted octanol–water partition coefficient (Wildman–Crippen LogP) is 3.77. The van der Waals surface area contributed by atoms with Crippen LogP contribution in [0.5, 0.6) is 0 Å². The lowest BCUT2D eigenvalue weighted by Crippen LogP contribution is -2.42. The Labute approximate surface area is 189 Å². The first-order valence-corrected chi connectivity index (χ1v) is 10.2. The maximum Gasteiger partial charge on any atom is 0.251 e. The monoisotopic (exact) mass is 512 g/mol. The zero-order valence-corrected chi connectivity index (χ0v) is 20.0. The number of thioether (sulfide) groups is 1. The first kappa shape index (κ1) is 24.3. The minimum atomic E-state index is -0.0577. The Balaban J connectivity index is 0.00000392. The summed E-state index contributed by atoms with van der Waals surface area (Å²) in [5.74, 6) is 0.742. The molecule has 28 heavy (non-hydrogen) atoms. The van der Waals surface area contributed by atoms with Crippen molar-refractivity contribution in [1.29, 1.82) is 0 Å². The molecule has 0 fully saturated rings. The van der Waals surface area contributed by atoms with E-state index in [1.807, 2.05) is 38.2 Å². The molecular weight excluding hydrogens is 483 g/mol. The summed E-state index contributed by atoms with van der Waals surface area (Å²) < 4.78 is 0. The first-order valence-electron chi connectivity index (χ1n) is 8.93. The molecule has 0 aliphatic carbocycles. The van der Waals surface area contributed by atoms with Crippen LogP contribution in [-0.4, -0.2) is 50.2 Å². The highest BCUT2D eigenvalue weighted by Crippen LogP contribution is 2.15. The van der Waals surface area contributed by atoms with Gasteiger partial charge in [-0.1, -0.05) is 29.8 Å². The van der Waals surface area contributed by atoms with Crippen molar-refractivity contribution in [3.05, 3.63) is 65.2 Å². The molecule has 0 saturated heterocycles. The molecule has 2 N–H and O–H groups in total. The third-order valence-corrected chi connectivity index (χ3v) is 4.87. The maximum absolute atomic E-state index is 12.2. The Morgan fingerprint density at radius 1 is 1.11 bits per heavy atom. The van der Waals surface area contributed by atoms with Crippen molar-refractivity contribution in [1.82, 2.24) is 15.5 Å². The molecule has 2 rings (SSSR count). The predicted molar refractivity (Wildman–Crippen MR) is 130 cm³/mol. The molecule has 1 amide bonds. The van der Waals surface area contributed by atoms with Crippen LogP contribution < -0.4 is 10.6 Å². The lowest BCUT2D eigenvalue weighted by atomic mass is 10.1. The number of guanidine groups is 1. The molecule has 0 unspecified atom stereocenters. The minimum Gasteiger partial charge on any atom is -0.354 e. The van der Waals surface area contributed by atoms with Crippen molar-refractivity contribution in [3.63, 3.8) is 0 Å². The normalized spacial score (nSPS) is 10.8. The first-order chi connectivity index (χ1) is 13.0. The van der Waals surface area contributed by atoms with Gasteiger partial charge in [0.25, 0.3) is 5.91 Å². The van der Waals surface area contributed by atoms with Gasteiger partial charge >= 0.3 is 0 Å². The number of amides is 1. The summed E-state index contributed by atoms with van der Waals surface area (Å²) in [7, 11) is 3.77. The second-order valence-electron chi connectivity index (χ2n) is 6.30. The van der Waals surface area contributed by atoms with Crippen LogP contribution in [0.1, 0.15) is 21.5 Å². The number of nitrogens with zero attached hydrogens (tertiary/aromatic N) is 2.